The molecule has 0 radical (unpaired) electrons. The molecule has 15 nitrogen and oxygen atoms in total. The fourth-order valence-electron chi connectivity index (χ4n) is 16.0. The molecule has 12 rings (SSSR count). The van der Waals surface area contributed by atoms with Crippen LogP contribution in [0.15, 0.2) is 121 Å². The van der Waals surface area contributed by atoms with Gasteiger partial charge in [-0.1, -0.05) is 65.7 Å². The number of likely N-dealkylation sites (tertiary alicyclic amines) is 5. The maximum atomic E-state index is 12.3. The van der Waals surface area contributed by atoms with Crippen molar-refractivity contribution >= 4 is 17.3 Å². The number of carbonyl (C=O) groups is 3. The van der Waals surface area contributed by atoms with Gasteiger partial charge in [0.2, 0.25) is 0 Å². The number of hydrogen-bond donors (Lipinski definition) is 0. The second kappa shape index (κ2) is 49.1. The number of Topliss-reactive ketones (excluding diaryl/α,β-unsaturated/α-hetero) is 3. The van der Waals surface area contributed by atoms with E-state index in [1.54, 1.807) is 24.3 Å². The lowest BCUT2D eigenvalue weighted by Crippen LogP contribution is -2.44. The van der Waals surface area contributed by atoms with Gasteiger partial charge in [0.1, 0.15) is 28.7 Å². The fourth-order valence-corrected chi connectivity index (χ4v) is 16.0. The van der Waals surface area contributed by atoms with E-state index < -0.39 is 0 Å². The van der Waals surface area contributed by atoms with Crippen LogP contribution in [-0.4, -0.2) is 172 Å². The molecule has 7 aliphatic rings. The molecule has 0 amide bonds. The van der Waals surface area contributed by atoms with Gasteiger partial charge in [0.15, 0.2) is 17.3 Å². The fraction of sp³-hybridized carbons (Fsp3) is 0.620. The first-order valence-electron chi connectivity index (χ1n) is 42.0. The van der Waals surface area contributed by atoms with E-state index in [1.807, 2.05) is 104 Å². The quantitative estimate of drug-likeness (QED) is 0.0295. The van der Waals surface area contributed by atoms with Crippen LogP contribution in [0, 0.1) is 46.3 Å². The number of ketones is 3. The van der Waals surface area contributed by atoms with Crippen LogP contribution in [0.5, 0.6) is 28.7 Å². The Balaban J connectivity index is 0.000000169. The zero-order valence-electron chi connectivity index (χ0n) is 66.6. The lowest BCUT2D eigenvalue weighted by atomic mass is 9.80. The smallest absolute Gasteiger partial charge is 0.165 e. The summed E-state index contributed by atoms with van der Waals surface area (Å²) in [6.07, 6.45) is 32.6. The monoisotopic (exact) mass is 1460 g/mol. The molecule has 5 atom stereocenters. The standard InChI is InChI=1S/C20H29NO2.C19H27NO2.C18H26N2O.C18H27NO2.C17H24N2O/c22-20(17-7-2-3-8-17)18-9-11-19(12-10-18)23-16-6-15-21-13-4-1-5-14-21;21-19(16-6-4-7-16)17-8-10-18(11-9-17)22-15-5-14-20-12-2-1-3-13-20;1-3-16-6-5-15(2)20(14-16)11-4-12-21-18-9-7-17(13-19)8-10-18;1-3-18(20)16-7-9-17(10-8-16)21-13-5-12-19-11-4-6-15(2)14-19;1-14-5-3-6-15(2)19(14)11-4-12-20-17-9-7-16(13-18)8-10-17/h9-12,17H,1-8,13-16H2;8-11,16H,1-7,12-15H2;7-10,15-16H,3-6,11-12,14H2,1-2H3;7-10,15H,3-6,11-14H2,1-2H3;7-10,14-15H,3-6,11-12H2,1-2H3. The highest BCUT2D eigenvalue weighted by atomic mass is 16.5. The number of hydrogen-bond acceptors (Lipinski definition) is 15. The van der Waals surface area contributed by atoms with Crippen LogP contribution >= 0.6 is 0 Å². The van der Waals surface area contributed by atoms with Crippen molar-refractivity contribution in [3.63, 3.8) is 0 Å². The third kappa shape index (κ3) is 31.4. The number of rotatable bonds is 32. The predicted molar refractivity (Wildman–Crippen MR) is 434 cm³/mol. The highest BCUT2D eigenvalue weighted by molar-refractivity contribution is 5.99. The first-order valence-corrected chi connectivity index (χ1v) is 42.0. The lowest BCUT2D eigenvalue weighted by Gasteiger charge is -2.39. The Bertz CT molecular complexity index is 3340. The van der Waals surface area contributed by atoms with Crippen molar-refractivity contribution < 1.29 is 38.1 Å². The van der Waals surface area contributed by atoms with Gasteiger partial charge < -0.3 is 43.3 Å². The second-order valence-corrected chi connectivity index (χ2v) is 31.4. The first kappa shape index (κ1) is 85.5. The molecule has 7 fully saturated rings. The largest absolute Gasteiger partial charge is 0.494 e. The van der Waals surface area contributed by atoms with Gasteiger partial charge >= 0.3 is 0 Å². The van der Waals surface area contributed by atoms with Crippen molar-refractivity contribution in [2.45, 2.75) is 233 Å². The molecular weight excluding hydrogens is 1330 g/mol. The van der Waals surface area contributed by atoms with E-state index in [9.17, 15) is 14.4 Å². The average molecular weight is 1470 g/mol. The summed E-state index contributed by atoms with van der Waals surface area (Å²) in [7, 11) is 0. The van der Waals surface area contributed by atoms with Crippen LogP contribution in [0.25, 0.3) is 0 Å². The van der Waals surface area contributed by atoms with Crippen molar-refractivity contribution in [1.82, 2.24) is 24.5 Å². The van der Waals surface area contributed by atoms with Crippen LogP contribution in [0.2, 0.25) is 0 Å². The molecule has 0 spiro atoms. The molecule has 107 heavy (non-hydrogen) atoms. The Morgan fingerprint density at radius 2 is 0.748 bits per heavy atom. The predicted octanol–water partition coefficient (Wildman–Crippen LogP) is 19.4. The van der Waals surface area contributed by atoms with Crippen molar-refractivity contribution in [2.75, 3.05) is 112 Å². The van der Waals surface area contributed by atoms with Crippen molar-refractivity contribution in [3.05, 3.63) is 149 Å². The van der Waals surface area contributed by atoms with E-state index in [0.29, 0.717) is 47.2 Å². The topological polar surface area (TPSA) is 161 Å². The molecule has 584 valence electrons. The molecule has 15 heteroatoms. The number of piperidine rings is 5. The van der Waals surface area contributed by atoms with Gasteiger partial charge in [0.05, 0.1) is 56.3 Å². The van der Waals surface area contributed by atoms with Crippen molar-refractivity contribution in [2.24, 2.45) is 23.7 Å². The summed E-state index contributed by atoms with van der Waals surface area (Å²) in [4.78, 5) is 48.8. The Labute approximate surface area is 645 Å². The van der Waals surface area contributed by atoms with Gasteiger partial charge in [-0.05, 0) is 309 Å². The third-order valence-corrected chi connectivity index (χ3v) is 23.0. The van der Waals surface area contributed by atoms with E-state index in [1.165, 1.54) is 155 Å². The summed E-state index contributed by atoms with van der Waals surface area (Å²) < 4.78 is 28.8. The van der Waals surface area contributed by atoms with Crippen molar-refractivity contribution in [1.29, 1.82) is 10.5 Å². The molecule has 5 aliphatic heterocycles. The van der Waals surface area contributed by atoms with E-state index in [-0.39, 0.29) is 17.6 Å². The minimum atomic E-state index is 0.181. The van der Waals surface area contributed by atoms with Crippen LogP contribution in [-0.2, 0) is 0 Å². The van der Waals surface area contributed by atoms with Crippen LogP contribution in [0.3, 0.4) is 0 Å². The van der Waals surface area contributed by atoms with Gasteiger partial charge in [-0.15, -0.1) is 0 Å². The average Bonchev–Trinajstić information content (AvgIpc) is 1.58. The van der Waals surface area contributed by atoms with Crippen LogP contribution < -0.4 is 23.7 Å². The summed E-state index contributed by atoms with van der Waals surface area (Å²) in [5.41, 5.74) is 3.80. The Morgan fingerprint density at radius 3 is 1.14 bits per heavy atom. The molecule has 0 aromatic heterocycles. The number of nitrogens with zero attached hydrogens (tertiary/aromatic N) is 7. The van der Waals surface area contributed by atoms with Gasteiger partial charge in [-0.3, -0.25) is 19.3 Å². The van der Waals surface area contributed by atoms with Gasteiger partial charge in [-0.2, -0.15) is 10.5 Å². The zero-order valence-corrected chi connectivity index (χ0v) is 66.6. The summed E-state index contributed by atoms with van der Waals surface area (Å²) >= 11 is 0. The molecule has 2 aliphatic carbocycles. The Morgan fingerprint density at radius 1 is 0.374 bits per heavy atom. The zero-order chi connectivity index (χ0) is 75.6. The van der Waals surface area contributed by atoms with Crippen molar-refractivity contribution in [3.8, 4) is 40.9 Å². The first-order chi connectivity index (χ1) is 52.3. The number of carbonyl (C=O) groups excluding carboxylic acids is 3. The maximum absolute atomic E-state index is 12.3. The van der Waals surface area contributed by atoms with Gasteiger partial charge in [-0.25, -0.2) is 0 Å². The maximum Gasteiger partial charge on any atom is 0.165 e. The number of benzene rings is 5. The van der Waals surface area contributed by atoms with E-state index in [2.05, 4.69) is 71.3 Å². The highest BCUT2D eigenvalue weighted by Gasteiger charge is 2.28. The number of nitriles is 2. The third-order valence-electron chi connectivity index (χ3n) is 23.0. The Hall–Kier alpha value is -7.11. The molecule has 5 aromatic carbocycles. The van der Waals surface area contributed by atoms with E-state index >= 15 is 0 Å². The second-order valence-electron chi connectivity index (χ2n) is 31.4. The number of ether oxygens (including phenoxy) is 5. The minimum Gasteiger partial charge on any atom is -0.494 e. The molecule has 5 unspecified atom stereocenters. The molecule has 5 heterocycles. The molecule has 2 saturated carbocycles. The van der Waals surface area contributed by atoms with Crippen LogP contribution in [0.4, 0.5) is 0 Å². The SMILES string of the molecule is CC1CCCC(C)N1CCCOc1ccc(C#N)cc1.CCC(=O)c1ccc(OCCCN2CCCC(C)C2)cc1.CCC1CCC(C)N(CCCOc2ccc(C#N)cc2)C1.O=C(c1ccc(OCCCN2CCCCC2)cc1)C1CCC1.O=C(c1ccc(OCCCN2CCCCC2)cc1)C1CCCC1. The molecular formula is C92H133N7O8. The summed E-state index contributed by atoms with van der Waals surface area (Å²) in [5, 5.41) is 17.5. The Kier molecular flexibility index (Phi) is 39.3. The minimum absolute atomic E-state index is 0.181. The normalized spacial score (nSPS) is 20.9. The van der Waals surface area contributed by atoms with Crippen LogP contribution in [0.1, 0.15) is 257 Å². The summed E-state index contributed by atoms with van der Waals surface area (Å²) in [6, 6.07) is 44.0. The molecule has 0 N–H and O–H groups in total. The summed E-state index contributed by atoms with van der Waals surface area (Å²) in [5.74, 6) is 7.37. The van der Waals surface area contributed by atoms with Gasteiger partial charge in [0, 0.05) is 98.9 Å². The van der Waals surface area contributed by atoms with E-state index in [0.717, 1.165) is 181 Å². The molecule has 5 saturated heterocycles. The van der Waals surface area contributed by atoms with E-state index in [4.69, 9.17) is 34.2 Å². The summed E-state index contributed by atoms with van der Waals surface area (Å²) in [6.45, 7) is 31.6. The molecule has 0 bridgehead atoms. The van der Waals surface area contributed by atoms with Gasteiger partial charge in [0.25, 0.3) is 0 Å². The highest BCUT2D eigenvalue weighted by Crippen LogP contribution is 2.32. The lowest BCUT2D eigenvalue weighted by molar-refractivity contribution is 0.0854. The molecule has 5 aromatic rings.